The molecule has 4 rings (SSSR count). The predicted molar refractivity (Wildman–Crippen MR) is 115 cm³/mol. The summed E-state index contributed by atoms with van der Waals surface area (Å²) < 4.78 is 8.94. The normalized spacial score (nSPS) is 10.7. The van der Waals surface area contributed by atoms with Crippen LogP contribution in [0.4, 0.5) is 5.69 Å². The molecule has 0 spiro atoms. The smallest absolute Gasteiger partial charge is 0.276 e. The Morgan fingerprint density at radius 3 is 2.77 bits per heavy atom. The number of aryl methyl sites for hydroxylation is 1. The van der Waals surface area contributed by atoms with Crippen molar-refractivity contribution in [2.75, 3.05) is 5.32 Å². The van der Waals surface area contributed by atoms with Gasteiger partial charge in [-0.25, -0.2) is 4.68 Å². The molecule has 152 valence electrons. The summed E-state index contributed by atoms with van der Waals surface area (Å²) in [7, 11) is 0. The second-order valence-corrected chi connectivity index (χ2v) is 7.27. The van der Waals surface area contributed by atoms with Gasteiger partial charge in [0.15, 0.2) is 12.4 Å². The highest BCUT2D eigenvalue weighted by molar-refractivity contribution is 6.30. The Bertz CT molecular complexity index is 1150. The Morgan fingerprint density at radius 2 is 1.97 bits per heavy atom. The molecule has 7 nitrogen and oxygen atoms in total. The van der Waals surface area contributed by atoms with E-state index in [1.165, 1.54) is 10.2 Å². The van der Waals surface area contributed by atoms with E-state index in [0.717, 1.165) is 5.56 Å². The number of halogens is 1. The summed E-state index contributed by atoms with van der Waals surface area (Å²) in [5.41, 5.74) is 3.25. The number of rotatable bonds is 7. The van der Waals surface area contributed by atoms with Gasteiger partial charge in [-0.1, -0.05) is 47.5 Å². The molecule has 0 saturated heterocycles. The largest absolute Gasteiger partial charge is 0.471 e. The van der Waals surface area contributed by atoms with E-state index in [2.05, 4.69) is 46.7 Å². The monoisotopic (exact) mass is 421 g/mol. The van der Waals surface area contributed by atoms with Crippen molar-refractivity contribution in [2.24, 2.45) is 0 Å². The molecule has 0 bridgehead atoms. The minimum atomic E-state index is -0.314. The predicted octanol–water partition coefficient (Wildman–Crippen LogP) is 4.38. The maximum absolute atomic E-state index is 12.5. The summed E-state index contributed by atoms with van der Waals surface area (Å²) in [4.78, 5) is 12.5. The molecule has 0 saturated carbocycles. The number of carbonyl (C=O) groups excluding carboxylic acids is 1. The van der Waals surface area contributed by atoms with Gasteiger partial charge in [0.2, 0.25) is 0 Å². The fraction of sp³-hybridized carbons (Fsp3) is 0.136. The number of ether oxygens (including phenoxy) is 1. The fourth-order valence-electron chi connectivity index (χ4n) is 2.84. The second-order valence-electron chi connectivity index (χ2n) is 6.84. The zero-order valence-electron chi connectivity index (χ0n) is 16.3. The van der Waals surface area contributed by atoms with Gasteiger partial charge in [0.05, 0.1) is 18.4 Å². The van der Waals surface area contributed by atoms with Gasteiger partial charge in [0.25, 0.3) is 5.91 Å². The molecule has 2 aromatic carbocycles. The lowest BCUT2D eigenvalue weighted by Crippen LogP contribution is -2.14. The lowest BCUT2D eigenvalue weighted by molar-refractivity contribution is 0.102. The summed E-state index contributed by atoms with van der Waals surface area (Å²) in [5, 5.41) is 12.0. The van der Waals surface area contributed by atoms with E-state index in [0.29, 0.717) is 23.0 Å². The Kier molecular flexibility index (Phi) is 5.81. The van der Waals surface area contributed by atoms with Crippen LogP contribution < -0.4 is 10.1 Å². The first-order valence-electron chi connectivity index (χ1n) is 9.36. The van der Waals surface area contributed by atoms with Gasteiger partial charge in [-0.3, -0.25) is 9.48 Å². The topological polar surface area (TPSA) is 74.0 Å². The molecular formula is C22H20ClN5O2. The maximum atomic E-state index is 12.5. The number of nitrogens with one attached hydrogen (secondary N) is 1. The van der Waals surface area contributed by atoms with Crippen LogP contribution in [-0.2, 0) is 13.3 Å². The molecule has 1 amide bonds. The number of benzene rings is 2. The first kappa shape index (κ1) is 19.7. The number of aromatic nitrogens is 4. The van der Waals surface area contributed by atoms with Crippen LogP contribution in [0.1, 0.15) is 21.6 Å². The van der Waals surface area contributed by atoms with Gasteiger partial charge in [-0.2, -0.15) is 10.2 Å². The molecule has 0 fully saturated rings. The van der Waals surface area contributed by atoms with Crippen LogP contribution in [0.3, 0.4) is 0 Å². The molecular weight excluding hydrogens is 402 g/mol. The third-order valence-electron chi connectivity index (χ3n) is 4.39. The molecule has 2 heterocycles. The molecule has 0 radical (unpaired) electrons. The van der Waals surface area contributed by atoms with Crippen molar-refractivity contribution >= 4 is 23.2 Å². The van der Waals surface area contributed by atoms with Crippen LogP contribution in [0, 0.1) is 6.92 Å². The van der Waals surface area contributed by atoms with Crippen LogP contribution in [0.5, 0.6) is 5.75 Å². The zero-order chi connectivity index (χ0) is 20.9. The highest BCUT2D eigenvalue weighted by Gasteiger charge is 2.11. The summed E-state index contributed by atoms with van der Waals surface area (Å²) >= 11 is 5.94. The van der Waals surface area contributed by atoms with Crippen LogP contribution >= 0.6 is 11.6 Å². The maximum Gasteiger partial charge on any atom is 0.276 e. The molecule has 2 aromatic heterocycles. The lowest BCUT2D eigenvalue weighted by Gasteiger charge is -2.06. The van der Waals surface area contributed by atoms with Gasteiger partial charge >= 0.3 is 0 Å². The van der Waals surface area contributed by atoms with Gasteiger partial charge in [-0.05, 0) is 36.8 Å². The van der Waals surface area contributed by atoms with E-state index in [1.54, 1.807) is 53.6 Å². The first-order chi connectivity index (χ1) is 14.5. The van der Waals surface area contributed by atoms with Crippen LogP contribution in [0.2, 0.25) is 5.02 Å². The minimum Gasteiger partial charge on any atom is -0.471 e. The Morgan fingerprint density at radius 1 is 1.13 bits per heavy atom. The average Bonchev–Trinajstić information content (AvgIpc) is 3.38. The van der Waals surface area contributed by atoms with Gasteiger partial charge in [0.1, 0.15) is 5.75 Å². The Balaban J connectivity index is 1.33. The van der Waals surface area contributed by atoms with E-state index < -0.39 is 0 Å². The molecule has 0 aliphatic heterocycles. The van der Waals surface area contributed by atoms with E-state index in [1.807, 2.05) is 0 Å². The third kappa shape index (κ3) is 5.07. The molecule has 0 aliphatic carbocycles. The summed E-state index contributed by atoms with van der Waals surface area (Å²) in [6.07, 6.45) is 5.09. The quantitative estimate of drug-likeness (QED) is 0.480. The number of anilines is 1. The second kappa shape index (κ2) is 8.84. The van der Waals surface area contributed by atoms with Crippen LogP contribution in [0.15, 0.2) is 73.2 Å². The Hall–Kier alpha value is -3.58. The standard InChI is InChI=1S/C22H20ClN5O2/c1-16-5-7-17(8-6-16)13-28-14-19(12-24-28)25-22(29)21-9-10-27(26-21)15-30-20-4-2-3-18(23)11-20/h2-12,14H,13,15H2,1H3,(H,25,29). The highest BCUT2D eigenvalue weighted by Crippen LogP contribution is 2.17. The van der Waals surface area contributed by atoms with Gasteiger partial charge < -0.3 is 10.1 Å². The van der Waals surface area contributed by atoms with Crippen molar-refractivity contribution in [3.63, 3.8) is 0 Å². The minimum absolute atomic E-state index is 0.169. The molecule has 30 heavy (non-hydrogen) atoms. The lowest BCUT2D eigenvalue weighted by atomic mass is 10.1. The van der Waals surface area contributed by atoms with Crippen molar-refractivity contribution in [3.05, 3.63) is 95.0 Å². The first-order valence-corrected chi connectivity index (χ1v) is 9.74. The fourth-order valence-corrected chi connectivity index (χ4v) is 3.02. The number of amides is 1. The van der Waals surface area contributed by atoms with Crippen LogP contribution in [-0.4, -0.2) is 25.5 Å². The zero-order valence-corrected chi connectivity index (χ0v) is 17.1. The molecule has 8 heteroatoms. The van der Waals surface area contributed by atoms with Crippen molar-refractivity contribution in [1.29, 1.82) is 0 Å². The van der Waals surface area contributed by atoms with E-state index in [9.17, 15) is 4.79 Å². The number of carbonyl (C=O) groups is 1. The molecule has 0 unspecified atom stereocenters. The SMILES string of the molecule is Cc1ccc(Cn2cc(NC(=O)c3ccn(COc4cccc(Cl)c4)n3)cn2)cc1. The molecule has 1 N–H and O–H groups in total. The Labute approximate surface area is 178 Å². The highest BCUT2D eigenvalue weighted by atomic mass is 35.5. The van der Waals surface area contributed by atoms with Crippen molar-refractivity contribution in [3.8, 4) is 5.75 Å². The van der Waals surface area contributed by atoms with Crippen molar-refractivity contribution < 1.29 is 9.53 Å². The van der Waals surface area contributed by atoms with Crippen LogP contribution in [0.25, 0.3) is 0 Å². The summed E-state index contributed by atoms with van der Waals surface area (Å²) in [5.74, 6) is 0.316. The van der Waals surface area contributed by atoms with Crippen molar-refractivity contribution in [2.45, 2.75) is 20.2 Å². The third-order valence-corrected chi connectivity index (χ3v) is 4.62. The van der Waals surface area contributed by atoms with Gasteiger partial charge in [0, 0.05) is 17.4 Å². The summed E-state index contributed by atoms with van der Waals surface area (Å²) in [6.45, 7) is 2.85. The van der Waals surface area contributed by atoms with E-state index in [4.69, 9.17) is 16.3 Å². The number of nitrogens with zero attached hydrogens (tertiary/aromatic N) is 4. The average molecular weight is 422 g/mol. The molecule has 0 atom stereocenters. The van der Waals surface area contributed by atoms with Gasteiger partial charge in [-0.15, -0.1) is 0 Å². The molecule has 0 aliphatic rings. The van der Waals surface area contributed by atoms with E-state index >= 15 is 0 Å². The van der Waals surface area contributed by atoms with E-state index in [-0.39, 0.29) is 18.3 Å². The number of hydrogen-bond acceptors (Lipinski definition) is 4. The number of hydrogen-bond donors (Lipinski definition) is 1. The molecule has 4 aromatic rings. The summed E-state index contributed by atoms with van der Waals surface area (Å²) in [6, 6.07) is 17.0. The van der Waals surface area contributed by atoms with Crippen molar-refractivity contribution in [1.82, 2.24) is 19.6 Å².